The molecule has 0 radical (unpaired) electrons. The van der Waals surface area contributed by atoms with E-state index in [0.717, 1.165) is 69.7 Å². The maximum Gasteiger partial charge on any atom is 0.410 e. The van der Waals surface area contributed by atoms with E-state index in [0.29, 0.717) is 30.8 Å². The third-order valence-corrected chi connectivity index (χ3v) is 9.28. The second-order valence-corrected chi connectivity index (χ2v) is 13.6. The van der Waals surface area contributed by atoms with Crippen molar-refractivity contribution in [1.82, 2.24) is 19.7 Å². The summed E-state index contributed by atoms with van der Waals surface area (Å²) in [6.45, 7) is 13.1. The number of aromatic nitrogens is 1. The quantitative estimate of drug-likeness (QED) is 0.515. The Morgan fingerprint density at radius 3 is 2.32 bits per heavy atom. The van der Waals surface area contributed by atoms with Crippen molar-refractivity contribution >= 4 is 34.6 Å². The van der Waals surface area contributed by atoms with Gasteiger partial charge in [0.05, 0.1) is 0 Å². The summed E-state index contributed by atoms with van der Waals surface area (Å²) in [4.78, 5) is 43.0. The third kappa shape index (κ3) is 6.10. The van der Waals surface area contributed by atoms with E-state index in [1.165, 1.54) is 29.3 Å². The number of imide groups is 1. The maximum absolute atomic E-state index is 12.6. The van der Waals surface area contributed by atoms with Gasteiger partial charge in [-0.25, -0.2) is 9.59 Å². The molecule has 41 heavy (non-hydrogen) atoms. The van der Waals surface area contributed by atoms with Crippen LogP contribution in [0.1, 0.15) is 88.8 Å². The Balaban J connectivity index is 1.10. The van der Waals surface area contributed by atoms with E-state index in [2.05, 4.69) is 40.0 Å². The van der Waals surface area contributed by atoms with Crippen LogP contribution in [-0.2, 0) is 9.53 Å². The number of fused-ring (bicyclic) bond motifs is 1. The van der Waals surface area contributed by atoms with Crippen molar-refractivity contribution in [3.8, 4) is 0 Å². The number of piperidine rings is 2. The van der Waals surface area contributed by atoms with Gasteiger partial charge >= 0.3 is 12.1 Å². The van der Waals surface area contributed by atoms with Gasteiger partial charge in [-0.3, -0.25) is 15.0 Å². The number of anilines is 1. The van der Waals surface area contributed by atoms with Gasteiger partial charge in [-0.2, -0.15) is 0 Å². The van der Waals surface area contributed by atoms with Gasteiger partial charge in [-0.1, -0.05) is 0 Å². The number of hydrogen-bond donors (Lipinski definition) is 1. The number of ether oxygens (including phenoxy) is 1. The van der Waals surface area contributed by atoms with Crippen molar-refractivity contribution in [3.05, 3.63) is 29.5 Å². The third-order valence-electron chi connectivity index (χ3n) is 9.28. The summed E-state index contributed by atoms with van der Waals surface area (Å²) >= 11 is 0. The predicted molar refractivity (Wildman–Crippen MR) is 159 cm³/mol. The van der Waals surface area contributed by atoms with E-state index in [1.54, 1.807) is 4.90 Å². The Hall–Kier alpha value is -3.07. The lowest BCUT2D eigenvalue weighted by Crippen LogP contribution is -2.49. The highest BCUT2D eigenvalue weighted by atomic mass is 16.6. The number of urea groups is 1. The van der Waals surface area contributed by atoms with Crippen molar-refractivity contribution in [2.24, 2.45) is 5.92 Å². The van der Waals surface area contributed by atoms with E-state index >= 15 is 0 Å². The highest BCUT2D eigenvalue weighted by molar-refractivity contribution is 6.07. The first-order chi connectivity index (χ1) is 19.6. The fourth-order valence-electron chi connectivity index (χ4n) is 6.89. The summed E-state index contributed by atoms with van der Waals surface area (Å²) in [7, 11) is 0. The lowest BCUT2D eigenvalue weighted by Gasteiger charge is -2.38. The molecule has 2 aromatic rings. The average Bonchev–Trinajstić information content (AvgIpc) is 3.70. The molecule has 0 bridgehead atoms. The van der Waals surface area contributed by atoms with Crippen LogP contribution < -0.4 is 10.2 Å². The number of likely N-dealkylation sites (tertiary alicyclic amines) is 2. The summed E-state index contributed by atoms with van der Waals surface area (Å²) in [6.07, 6.45) is 9.34. The fourth-order valence-corrected chi connectivity index (χ4v) is 6.89. The second-order valence-electron chi connectivity index (χ2n) is 13.6. The smallest absolute Gasteiger partial charge is 0.410 e. The summed E-state index contributed by atoms with van der Waals surface area (Å²) in [6, 6.07) is 4.60. The van der Waals surface area contributed by atoms with Crippen molar-refractivity contribution in [2.75, 3.05) is 44.2 Å². The van der Waals surface area contributed by atoms with Crippen LogP contribution in [0.5, 0.6) is 0 Å². The van der Waals surface area contributed by atoms with E-state index in [4.69, 9.17) is 4.74 Å². The van der Waals surface area contributed by atoms with Crippen LogP contribution in [-0.4, -0.2) is 77.3 Å². The number of hydrogen-bond acceptors (Lipinski definition) is 5. The maximum atomic E-state index is 12.6. The number of aryl methyl sites for hydroxylation is 1. The van der Waals surface area contributed by atoms with Gasteiger partial charge in [0.25, 0.3) is 0 Å². The van der Waals surface area contributed by atoms with Gasteiger partial charge in [-0.15, -0.1) is 0 Å². The summed E-state index contributed by atoms with van der Waals surface area (Å²) < 4.78 is 8.09. The molecule has 9 nitrogen and oxygen atoms in total. The van der Waals surface area contributed by atoms with Crippen LogP contribution in [0.15, 0.2) is 18.3 Å². The number of carbonyl (C=O) groups is 3. The molecule has 1 N–H and O–H groups in total. The topological polar surface area (TPSA) is 87.1 Å². The van der Waals surface area contributed by atoms with Crippen molar-refractivity contribution in [1.29, 1.82) is 0 Å². The van der Waals surface area contributed by atoms with Crippen molar-refractivity contribution < 1.29 is 19.1 Å². The van der Waals surface area contributed by atoms with Gasteiger partial charge in [0.1, 0.15) is 5.60 Å². The minimum absolute atomic E-state index is 0.182. The Bertz CT molecular complexity index is 1320. The molecule has 4 heterocycles. The first-order valence-electron chi connectivity index (χ1n) is 15.5. The first kappa shape index (κ1) is 28.1. The number of carbonyl (C=O) groups excluding carboxylic acids is 3. The van der Waals surface area contributed by atoms with E-state index in [9.17, 15) is 14.4 Å². The molecule has 3 saturated heterocycles. The zero-order chi connectivity index (χ0) is 28.9. The molecule has 4 amide bonds. The van der Waals surface area contributed by atoms with E-state index in [1.807, 2.05) is 25.7 Å². The van der Waals surface area contributed by atoms with Gasteiger partial charge < -0.3 is 19.1 Å². The Morgan fingerprint density at radius 2 is 1.68 bits per heavy atom. The highest BCUT2D eigenvalue weighted by Crippen LogP contribution is 2.46. The molecule has 1 saturated carbocycles. The van der Waals surface area contributed by atoms with Gasteiger partial charge in [0.2, 0.25) is 5.91 Å². The average molecular weight is 564 g/mol. The molecule has 0 unspecified atom stereocenters. The zero-order valence-corrected chi connectivity index (χ0v) is 25.1. The van der Waals surface area contributed by atoms with E-state index in [-0.39, 0.29) is 18.0 Å². The lowest BCUT2D eigenvalue weighted by atomic mass is 9.95. The van der Waals surface area contributed by atoms with Crippen LogP contribution in [0.2, 0.25) is 0 Å². The molecule has 1 aliphatic carbocycles. The molecule has 4 fully saturated rings. The van der Waals surface area contributed by atoms with Gasteiger partial charge in [-0.05, 0) is 101 Å². The Kier molecular flexibility index (Phi) is 7.51. The van der Waals surface area contributed by atoms with Crippen molar-refractivity contribution in [2.45, 2.75) is 90.2 Å². The largest absolute Gasteiger partial charge is 0.444 e. The number of rotatable bonds is 5. The molecule has 4 aliphatic rings. The molecular weight excluding hydrogens is 518 g/mol. The minimum Gasteiger partial charge on any atom is -0.444 e. The number of benzene rings is 1. The molecule has 0 spiro atoms. The summed E-state index contributed by atoms with van der Waals surface area (Å²) in [5.41, 5.74) is 4.21. The Morgan fingerprint density at radius 1 is 0.976 bits per heavy atom. The van der Waals surface area contributed by atoms with Crippen LogP contribution in [0.25, 0.3) is 10.9 Å². The van der Waals surface area contributed by atoms with Gasteiger partial charge in [0.15, 0.2) is 0 Å². The van der Waals surface area contributed by atoms with Crippen LogP contribution in [0, 0.1) is 12.8 Å². The number of nitrogens with one attached hydrogen (secondary N) is 1. The number of amides is 4. The Labute approximate surface area is 243 Å². The molecule has 0 atom stereocenters. The molecular formula is C32H45N5O4. The normalized spacial score (nSPS) is 22.0. The molecule has 222 valence electrons. The van der Waals surface area contributed by atoms with Crippen molar-refractivity contribution in [3.63, 3.8) is 0 Å². The second kappa shape index (κ2) is 11.0. The molecule has 1 aromatic carbocycles. The predicted octanol–water partition coefficient (Wildman–Crippen LogP) is 5.56. The van der Waals surface area contributed by atoms with Crippen LogP contribution >= 0.6 is 0 Å². The highest BCUT2D eigenvalue weighted by Gasteiger charge is 2.33. The molecule has 9 heteroatoms. The minimum atomic E-state index is -0.449. The molecule has 3 aliphatic heterocycles. The number of nitrogens with zero attached hydrogens (tertiary/aromatic N) is 4. The first-order valence-corrected chi connectivity index (χ1v) is 15.5. The lowest BCUT2D eigenvalue weighted by molar-refractivity contribution is -0.120. The molecule has 1 aromatic heterocycles. The van der Waals surface area contributed by atoms with Crippen LogP contribution in [0.4, 0.5) is 15.3 Å². The molecule has 6 rings (SSSR count). The van der Waals surface area contributed by atoms with Gasteiger partial charge in [0, 0.05) is 74.5 Å². The van der Waals surface area contributed by atoms with Crippen LogP contribution in [0.3, 0.4) is 0 Å². The summed E-state index contributed by atoms with van der Waals surface area (Å²) in [5.74, 6) is 1.03. The fraction of sp³-hybridized carbons (Fsp3) is 0.656. The summed E-state index contributed by atoms with van der Waals surface area (Å²) in [5, 5.41) is 3.73. The SMILES string of the molecule is Cc1cc2c(cc1N1CCC(=O)NC1=O)c(C1CC1)cn2C1CCN(CC2CCN(C(=O)OC(C)(C)C)CC2)CC1. The monoisotopic (exact) mass is 563 g/mol. The zero-order valence-electron chi connectivity index (χ0n) is 25.1. The van der Waals surface area contributed by atoms with E-state index < -0.39 is 5.60 Å². The standard InChI is InChI=1S/C32H45N5O4/c1-21-17-28-25(18-27(21)36-16-11-29(38)33-30(36)39)26(23-5-6-23)20-37(28)24-9-12-34(13-10-24)19-22-7-14-35(15-8-22)31(40)41-32(2,3)4/h17-18,20,22-24H,5-16,19H2,1-4H3,(H,33,38,39).